The lowest BCUT2D eigenvalue weighted by Gasteiger charge is -2.34. The third-order valence-corrected chi connectivity index (χ3v) is 6.23. The Morgan fingerprint density at radius 1 is 1.44 bits per heavy atom. The van der Waals surface area contributed by atoms with Crippen LogP contribution in [0.1, 0.15) is 40.0 Å². The highest BCUT2D eigenvalue weighted by atomic mass is 16.6. The van der Waals surface area contributed by atoms with Crippen molar-refractivity contribution in [2.24, 2.45) is 21.8 Å². The fraction of sp³-hybridized carbons (Fsp3) is 0.556. The van der Waals surface area contributed by atoms with Crippen LogP contribution in [0.25, 0.3) is 0 Å². The summed E-state index contributed by atoms with van der Waals surface area (Å²) in [5.41, 5.74) is 3.79. The number of non-ortho nitro benzene ring substituents is 1. The van der Waals surface area contributed by atoms with E-state index in [0.29, 0.717) is 5.92 Å². The Hall–Kier alpha value is -2.44. The highest BCUT2D eigenvalue weighted by Gasteiger charge is 2.59. The topological polar surface area (TPSA) is 93.8 Å². The molecule has 7 nitrogen and oxygen atoms in total. The molecule has 1 N–H and O–H groups in total. The average molecular weight is 345 g/mol. The molecule has 2 aliphatic carbocycles. The van der Waals surface area contributed by atoms with Gasteiger partial charge in [0.2, 0.25) is 0 Å². The number of hydrogen-bond acceptors (Lipinski definition) is 5. The lowest BCUT2D eigenvalue weighted by molar-refractivity contribution is -0.384. The van der Waals surface area contributed by atoms with Crippen molar-refractivity contribution in [1.29, 1.82) is 0 Å². The highest BCUT2D eigenvalue weighted by molar-refractivity contribution is 5.95. The van der Waals surface area contributed by atoms with Crippen LogP contribution in [0.15, 0.2) is 29.4 Å². The first-order valence-electron chi connectivity index (χ1n) is 8.47. The molecule has 2 aliphatic rings. The quantitative estimate of drug-likeness (QED) is 0.654. The third kappa shape index (κ3) is 2.99. The maximum absolute atomic E-state index is 12.0. The number of benzene rings is 1. The van der Waals surface area contributed by atoms with Gasteiger partial charge in [0.25, 0.3) is 11.6 Å². The second kappa shape index (κ2) is 6.13. The van der Waals surface area contributed by atoms with Crippen molar-refractivity contribution >= 4 is 17.3 Å². The molecule has 1 aromatic carbocycles. The lowest BCUT2D eigenvalue weighted by Crippen LogP contribution is -2.35. The van der Waals surface area contributed by atoms with Gasteiger partial charge in [0.1, 0.15) is 5.75 Å². The van der Waals surface area contributed by atoms with E-state index in [9.17, 15) is 14.9 Å². The van der Waals surface area contributed by atoms with Gasteiger partial charge >= 0.3 is 0 Å². The van der Waals surface area contributed by atoms with E-state index >= 15 is 0 Å². The summed E-state index contributed by atoms with van der Waals surface area (Å²) >= 11 is 0. The van der Waals surface area contributed by atoms with Crippen molar-refractivity contribution in [3.8, 4) is 5.75 Å². The Kier molecular flexibility index (Phi) is 4.26. The van der Waals surface area contributed by atoms with E-state index in [1.54, 1.807) is 6.07 Å². The Bertz CT molecular complexity index is 744. The van der Waals surface area contributed by atoms with Gasteiger partial charge in [0.05, 0.1) is 11.0 Å². The molecule has 0 aromatic heterocycles. The van der Waals surface area contributed by atoms with Crippen molar-refractivity contribution in [2.75, 3.05) is 6.61 Å². The molecular weight excluding hydrogens is 322 g/mol. The Morgan fingerprint density at radius 2 is 2.20 bits per heavy atom. The van der Waals surface area contributed by atoms with Crippen molar-refractivity contribution in [1.82, 2.24) is 5.43 Å². The van der Waals surface area contributed by atoms with Crippen molar-refractivity contribution in [2.45, 2.75) is 40.0 Å². The zero-order valence-electron chi connectivity index (χ0n) is 14.7. The number of nitro benzene ring substituents is 1. The molecule has 0 heterocycles. The van der Waals surface area contributed by atoms with Gasteiger partial charge in [-0.25, -0.2) is 5.43 Å². The molecule has 0 unspecified atom stereocenters. The molecule has 0 saturated heterocycles. The van der Waals surface area contributed by atoms with Crippen LogP contribution in [-0.2, 0) is 4.79 Å². The summed E-state index contributed by atoms with van der Waals surface area (Å²) in [5.74, 6) is 0.530. The number of carbonyl (C=O) groups is 1. The monoisotopic (exact) mass is 345 g/mol. The van der Waals surface area contributed by atoms with E-state index in [2.05, 4.69) is 31.3 Å². The molecule has 134 valence electrons. The zero-order valence-corrected chi connectivity index (χ0v) is 14.7. The largest absolute Gasteiger partial charge is 0.483 e. The normalized spacial score (nSPS) is 28.1. The highest BCUT2D eigenvalue weighted by Crippen LogP contribution is 2.63. The molecule has 0 radical (unpaired) electrons. The minimum Gasteiger partial charge on any atom is -0.483 e. The first-order chi connectivity index (χ1) is 11.7. The summed E-state index contributed by atoms with van der Waals surface area (Å²) in [6.07, 6.45) is 3.24. The number of hydrazone groups is 1. The van der Waals surface area contributed by atoms with E-state index in [-0.39, 0.29) is 34.8 Å². The minimum atomic E-state index is -0.503. The Labute approximate surface area is 146 Å². The maximum Gasteiger partial charge on any atom is 0.277 e. The summed E-state index contributed by atoms with van der Waals surface area (Å²) in [7, 11) is 0. The van der Waals surface area contributed by atoms with Crippen LogP contribution < -0.4 is 10.2 Å². The van der Waals surface area contributed by atoms with Crippen LogP contribution in [0.3, 0.4) is 0 Å². The third-order valence-electron chi connectivity index (χ3n) is 6.23. The van der Waals surface area contributed by atoms with Gasteiger partial charge in [-0.05, 0) is 36.7 Å². The van der Waals surface area contributed by atoms with Gasteiger partial charge in [-0.1, -0.05) is 26.8 Å². The summed E-state index contributed by atoms with van der Waals surface area (Å²) in [6, 6.07) is 5.75. The van der Waals surface area contributed by atoms with E-state index in [0.717, 1.165) is 18.6 Å². The van der Waals surface area contributed by atoms with Crippen LogP contribution >= 0.6 is 0 Å². The summed E-state index contributed by atoms with van der Waals surface area (Å²) in [4.78, 5) is 22.2. The summed E-state index contributed by atoms with van der Waals surface area (Å²) < 4.78 is 5.32. The number of nitrogens with zero attached hydrogens (tertiary/aromatic N) is 2. The van der Waals surface area contributed by atoms with E-state index in [1.807, 2.05) is 0 Å². The number of amides is 1. The molecule has 1 aromatic rings. The van der Waals surface area contributed by atoms with Gasteiger partial charge in [-0.15, -0.1) is 0 Å². The number of ether oxygens (including phenoxy) is 1. The number of fused-ring (bicyclic) bond motifs is 2. The molecule has 0 aliphatic heterocycles. The molecule has 7 heteroatoms. The molecule has 2 atom stereocenters. The number of rotatable bonds is 5. The smallest absolute Gasteiger partial charge is 0.277 e. The Balaban J connectivity index is 1.57. The summed E-state index contributed by atoms with van der Waals surface area (Å²) in [5, 5.41) is 15.1. The van der Waals surface area contributed by atoms with Crippen LogP contribution in [0, 0.1) is 26.9 Å². The summed E-state index contributed by atoms with van der Waals surface area (Å²) in [6.45, 7) is 6.55. The van der Waals surface area contributed by atoms with Gasteiger partial charge < -0.3 is 4.74 Å². The first-order valence-corrected chi connectivity index (χ1v) is 8.47. The predicted octanol–water partition coefficient (Wildman–Crippen LogP) is 3.29. The maximum atomic E-state index is 12.0. The van der Waals surface area contributed by atoms with Crippen LogP contribution in [0.5, 0.6) is 5.75 Å². The standard InChI is InChI=1S/C18H23N3O4/c1-17(2)12-7-8-18(17,3)15(9-12)19-20-16(22)11-25-14-6-4-5-13(10-14)21(23)24/h4-6,10,12H,7-9,11H2,1-3H3,(H,20,22)/t12-,18+/m0/s1. The number of hydrogen-bond donors (Lipinski definition) is 1. The molecular formula is C18H23N3O4. The average Bonchev–Trinajstić information content (AvgIpc) is 2.91. The van der Waals surface area contributed by atoms with Crippen molar-refractivity contribution in [3.05, 3.63) is 34.4 Å². The fourth-order valence-corrected chi connectivity index (χ4v) is 4.10. The van der Waals surface area contributed by atoms with Crippen LogP contribution in [0.2, 0.25) is 0 Å². The lowest BCUT2D eigenvalue weighted by atomic mass is 9.70. The van der Waals surface area contributed by atoms with Crippen molar-refractivity contribution in [3.63, 3.8) is 0 Å². The van der Waals surface area contributed by atoms with Crippen LogP contribution in [0.4, 0.5) is 5.69 Å². The van der Waals surface area contributed by atoms with E-state index in [4.69, 9.17) is 4.74 Å². The molecule has 25 heavy (non-hydrogen) atoms. The SMILES string of the molecule is CC1(C)[C@H]2CC[C@]1(C)C(=NNC(=O)COc1cccc([N+](=O)[O-])c1)C2. The molecule has 3 rings (SSSR count). The molecule has 0 spiro atoms. The van der Waals surface area contributed by atoms with E-state index in [1.165, 1.54) is 24.6 Å². The van der Waals surface area contributed by atoms with Gasteiger partial charge in [0.15, 0.2) is 6.61 Å². The predicted molar refractivity (Wildman–Crippen MR) is 93.4 cm³/mol. The Morgan fingerprint density at radius 3 is 2.80 bits per heavy atom. The molecule has 2 saturated carbocycles. The second-order valence-corrected chi connectivity index (χ2v) is 7.63. The van der Waals surface area contributed by atoms with Gasteiger partial charge in [-0.2, -0.15) is 5.10 Å². The number of nitrogens with one attached hydrogen (secondary N) is 1. The fourth-order valence-electron chi connectivity index (χ4n) is 4.10. The minimum absolute atomic E-state index is 0.0336. The van der Waals surface area contributed by atoms with Gasteiger partial charge in [0, 0.05) is 17.2 Å². The molecule has 2 fully saturated rings. The van der Waals surface area contributed by atoms with Gasteiger partial charge in [-0.3, -0.25) is 14.9 Å². The van der Waals surface area contributed by atoms with E-state index < -0.39 is 4.92 Å². The second-order valence-electron chi connectivity index (χ2n) is 7.63. The zero-order chi connectivity index (χ0) is 18.2. The number of carbonyl (C=O) groups excluding carboxylic acids is 1. The molecule has 1 amide bonds. The van der Waals surface area contributed by atoms with Crippen molar-refractivity contribution < 1.29 is 14.5 Å². The molecule has 2 bridgehead atoms. The first kappa shape index (κ1) is 17.4. The van der Waals surface area contributed by atoms with Crippen LogP contribution in [-0.4, -0.2) is 23.1 Å². The number of nitro groups is 1.